The van der Waals surface area contributed by atoms with E-state index in [1.165, 1.54) is 13.2 Å². The van der Waals surface area contributed by atoms with Crippen LogP contribution in [0.15, 0.2) is 30.5 Å². The van der Waals surface area contributed by atoms with Gasteiger partial charge in [0.05, 0.1) is 7.11 Å². The maximum atomic E-state index is 13.4. The van der Waals surface area contributed by atoms with Gasteiger partial charge >= 0.3 is 0 Å². The molecule has 0 aliphatic carbocycles. The lowest BCUT2D eigenvalue weighted by Gasteiger charge is -2.06. The molecule has 0 saturated carbocycles. The summed E-state index contributed by atoms with van der Waals surface area (Å²) in [5.41, 5.74) is 1.88. The largest absolute Gasteiger partial charge is 0.494 e. The van der Waals surface area contributed by atoms with Gasteiger partial charge in [0, 0.05) is 25.0 Å². The Labute approximate surface area is 98.8 Å². The molecule has 4 nitrogen and oxygen atoms in total. The molecular weight excluding hydrogens is 221 g/mol. The predicted molar refractivity (Wildman–Crippen MR) is 62.1 cm³/mol. The Balaban J connectivity index is 1.89. The van der Waals surface area contributed by atoms with Crippen LogP contribution in [0.2, 0.25) is 0 Å². The maximum absolute atomic E-state index is 13.4. The molecule has 17 heavy (non-hydrogen) atoms. The monoisotopic (exact) mass is 235 g/mol. The topological polar surface area (TPSA) is 49.9 Å². The summed E-state index contributed by atoms with van der Waals surface area (Å²) in [4.78, 5) is 0. The molecule has 0 saturated heterocycles. The highest BCUT2D eigenvalue weighted by atomic mass is 19.1. The number of rotatable bonds is 5. The molecular formula is C12H14FN3O. The number of hydrogen-bond donors (Lipinski definition) is 2. The van der Waals surface area contributed by atoms with Crippen LogP contribution in [0.4, 0.5) is 4.39 Å². The first-order valence-corrected chi connectivity index (χ1v) is 5.31. The number of halogens is 1. The van der Waals surface area contributed by atoms with E-state index >= 15 is 0 Å². The van der Waals surface area contributed by atoms with Crippen LogP contribution in [0, 0.1) is 5.82 Å². The second-order valence-electron chi connectivity index (χ2n) is 3.65. The molecule has 0 unspecified atom stereocenters. The summed E-state index contributed by atoms with van der Waals surface area (Å²) in [6.45, 7) is 1.27. The van der Waals surface area contributed by atoms with E-state index in [1.807, 2.05) is 12.1 Å². The van der Waals surface area contributed by atoms with Gasteiger partial charge in [-0.15, -0.1) is 0 Å². The molecule has 1 heterocycles. The summed E-state index contributed by atoms with van der Waals surface area (Å²) in [5, 5.41) is 9.88. The van der Waals surface area contributed by atoms with E-state index in [0.717, 1.165) is 11.3 Å². The predicted octanol–water partition coefficient (Wildman–Crippen LogP) is 1.85. The molecule has 1 aromatic heterocycles. The molecule has 0 radical (unpaired) electrons. The van der Waals surface area contributed by atoms with Crippen molar-refractivity contribution in [2.45, 2.75) is 13.1 Å². The zero-order chi connectivity index (χ0) is 12.1. The minimum Gasteiger partial charge on any atom is -0.494 e. The number of benzene rings is 1. The lowest BCUT2D eigenvalue weighted by molar-refractivity contribution is 0.386. The molecule has 2 N–H and O–H groups in total. The quantitative estimate of drug-likeness (QED) is 0.831. The second kappa shape index (κ2) is 5.45. The van der Waals surface area contributed by atoms with Crippen LogP contribution in [0.5, 0.6) is 5.75 Å². The third-order valence-corrected chi connectivity index (χ3v) is 2.42. The fourth-order valence-electron chi connectivity index (χ4n) is 1.54. The van der Waals surface area contributed by atoms with Crippen molar-refractivity contribution >= 4 is 0 Å². The van der Waals surface area contributed by atoms with Crippen molar-refractivity contribution in [1.29, 1.82) is 0 Å². The minimum absolute atomic E-state index is 0.266. The number of hydrogen-bond acceptors (Lipinski definition) is 3. The van der Waals surface area contributed by atoms with Gasteiger partial charge in [-0.2, -0.15) is 5.10 Å². The molecule has 0 aliphatic heterocycles. The highest BCUT2D eigenvalue weighted by molar-refractivity contribution is 5.29. The molecule has 0 fully saturated rings. The first-order valence-electron chi connectivity index (χ1n) is 5.31. The number of nitrogens with one attached hydrogen (secondary N) is 2. The number of methoxy groups -OCH3 is 1. The van der Waals surface area contributed by atoms with Crippen LogP contribution in [0.1, 0.15) is 11.3 Å². The number of ether oxygens (including phenoxy) is 1. The Morgan fingerprint density at radius 1 is 1.35 bits per heavy atom. The van der Waals surface area contributed by atoms with E-state index in [2.05, 4.69) is 15.5 Å². The molecule has 2 aromatic rings. The molecule has 0 bridgehead atoms. The van der Waals surface area contributed by atoms with Crippen LogP contribution in [-0.2, 0) is 13.1 Å². The van der Waals surface area contributed by atoms with Crippen molar-refractivity contribution in [3.05, 3.63) is 47.5 Å². The first kappa shape index (κ1) is 11.6. The molecule has 0 aliphatic rings. The van der Waals surface area contributed by atoms with Crippen LogP contribution >= 0.6 is 0 Å². The van der Waals surface area contributed by atoms with Crippen LogP contribution in [-0.4, -0.2) is 17.3 Å². The minimum atomic E-state index is -0.339. The summed E-state index contributed by atoms with van der Waals surface area (Å²) in [6, 6.07) is 6.82. The standard InChI is InChI=1S/C12H14FN3O/c1-17-12-3-2-9(6-11(12)13)7-14-8-10-4-5-15-16-10/h2-6,14H,7-8H2,1H3,(H,15,16). The van der Waals surface area contributed by atoms with Crippen molar-refractivity contribution in [3.63, 3.8) is 0 Å². The lowest BCUT2D eigenvalue weighted by Crippen LogP contribution is -2.13. The van der Waals surface area contributed by atoms with E-state index in [-0.39, 0.29) is 11.6 Å². The Bertz CT molecular complexity index is 471. The summed E-state index contributed by atoms with van der Waals surface area (Å²) in [7, 11) is 1.45. The van der Waals surface area contributed by atoms with Gasteiger partial charge in [-0.1, -0.05) is 6.07 Å². The third-order valence-electron chi connectivity index (χ3n) is 2.42. The second-order valence-corrected chi connectivity index (χ2v) is 3.65. The molecule has 1 aromatic carbocycles. The fraction of sp³-hybridized carbons (Fsp3) is 0.250. The SMILES string of the molecule is COc1ccc(CNCc2ccn[nH]2)cc1F. The normalized spacial score (nSPS) is 10.5. The van der Waals surface area contributed by atoms with Gasteiger partial charge in [-0.05, 0) is 23.8 Å². The maximum Gasteiger partial charge on any atom is 0.165 e. The smallest absolute Gasteiger partial charge is 0.165 e. The highest BCUT2D eigenvalue weighted by Gasteiger charge is 2.03. The Hall–Kier alpha value is -1.88. The van der Waals surface area contributed by atoms with Crippen LogP contribution < -0.4 is 10.1 Å². The van der Waals surface area contributed by atoms with E-state index in [1.54, 1.807) is 12.3 Å². The first-order chi connectivity index (χ1) is 8.29. The summed E-state index contributed by atoms with van der Waals surface area (Å²) >= 11 is 0. The van der Waals surface area contributed by atoms with Gasteiger partial charge in [0.25, 0.3) is 0 Å². The molecule has 0 amide bonds. The summed E-state index contributed by atoms with van der Waals surface area (Å²) in [5.74, 6) is -0.0735. The van der Waals surface area contributed by atoms with Gasteiger partial charge < -0.3 is 10.1 Å². The molecule has 0 spiro atoms. The van der Waals surface area contributed by atoms with Crippen molar-refractivity contribution in [1.82, 2.24) is 15.5 Å². The summed E-state index contributed by atoms with van der Waals surface area (Å²) < 4.78 is 18.2. The average molecular weight is 235 g/mol. The van der Waals surface area contributed by atoms with Crippen molar-refractivity contribution in [2.24, 2.45) is 0 Å². The number of H-pyrrole nitrogens is 1. The van der Waals surface area contributed by atoms with Gasteiger partial charge in [0.15, 0.2) is 11.6 Å². The van der Waals surface area contributed by atoms with E-state index in [0.29, 0.717) is 13.1 Å². The van der Waals surface area contributed by atoms with Gasteiger partial charge in [0.2, 0.25) is 0 Å². The number of nitrogens with zero attached hydrogens (tertiary/aromatic N) is 1. The fourth-order valence-corrected chi connectivity index (χ4v) is 1.54. The van der Waals surface area contributed by atoms with E-state index in [4.69, 9.17) is 4.74 Å². The number of aromatic amines is 1. The molecule has 90 valence electrons. The Morgan fingerprint density at radius 2 is 2.24 bits per heavy atom. The number of aromatic nitrogens is 2. The Kier molecular flexibility index (Phi) is 3.72. The van der Waals surface area contributed by atoms with E-state index < -0.39 is 0 Å². The lowest BCUT2D eigenvalue weighted by atomic mass is 10.2. The third kappa shape index (κ3) is 3.04. The van der Waals surface area contributed by atoms with Crippen molar-refractivity contribution in [3.8, 4) is 5.75 Å². The molecule has 2 rings (SSSR count). The van der Waals surface area contributed by atoms with Crippen molar-refractivity contribution < 1.29 is 9.13 Å². The van der Waals surface area contributed by atoms with Crippen molar-refractivity contribution in [2.75, 3.05) is 7.11 Å². The van der Waals surface area contributed by atoms with E-state index in [9.17, 15) is 4.39 Å². The van der Waals surface area contributed by atoms with Crippen LogP contribution in [0.25, 0.3) is 0 Å². The molecule has 5 heteroatoms. The highest BCUT2D eigenvalue weighted by Crippen LogP contribution is 2.17. The molecule has 0 atom stereocenters. The average Bonchev–Trinajstić information content (AvgIpc) is 2.82. The van der Waals surface area contributed by atoms with Gasteiger partial charge in [0.1, 0.15) is 0 Å². The zero-order valence-electron chi connectivity index (χ0n) is 9.53. The van der Waals surface area contributed by atoms with Gasteiger partial charge in [-0.25, -0.2) is 4.39 Å². The van der Waals surface area contributed by atoms with Gasteiger partial charge in [-0.3, -0.25) is 5.10 Å². The zero-order valence-corrected chi connectivity index (χ0v) is 9.53. The Morgan fingerprint density at radius 3 is 2.88 bits per heavy atom. The van der Waals surface area contributed by atoms with Crippen LogP contribution in [0.3, 0.4) is 0 Å². The summed E-state index contributed by atoms with van der Waals surface area (Å²) in [6.07, 6.45) is 1.70.